The Morgan fingerprint density at radius 2 is 1.96 bits per heavy atom. The second-order valence-electron chi connectivity index (χ2n) is 5.35. The highest BCUT2D eigenvalue weighted by Gasteiger charge is 2.24. The number of hydrogen-bond donors (Lipinski definition) is 2. The first-order valence-corrected chi connectivity index (χ1v) is 9.14. The molecule has 0 radical (unpaired) electrons. The molecule has 0 aliphatic carbocycles. The van der Waals surface area contributed by atoms with E-state index in [4.69, 9.17) is 22.1 Å². The van der Waals surface area contributed by atoms with Crippen molar-refractivity contribution in [1.82, 2.24) is 4.72 Å². The second kappa shape index (κ2) is 7.98. The van der Waals surface area contributed by atoms with Gasteiger partial charge in [0, 0.05) is 22.7 Å². The van der Waals surface area contributed by atoms with E-state index in [0.717, 1.165) is 18.2 Å². The molecule has 10 heteroatoms. The van der Waals surface area contributed by atoms with Crippen molar-refractivity contribution >= 4 is 27.5 Å². The van der Waals surface area contributed by atoms with E-state index in [0.29, 0.717) is 6.07 Å². The molecule has 1 amide bonds. The Kier molecular flexibility index (Phi) is 6.17. The van der Waals surface area contributed by atoms with E-state index in [1.54, 1.807) is 0 Å². The van der Waals surface area contributed by atoms with Crippen molar-refractivity contribution in [3.8, 4) is 5.75 Å². The highest BCUT2D eigenvalue weighted by Crippen LogP contribution is 2.29. The SMILES string of the molecule is C[C@H](NS(=O)(=O)c1cc(Cl)ccc1OCC(N)=O)c1ccc(F)cc1F. The zero-order chi connectivity index (χ0) is 19.5. The molecule has 26 heavy (non-hydrogen) atoms. The first kappa shape index (κ1) is 20.1. The van der Waals surface area contributed by atoms with Gasteiger partial charge >= 0.3 is 0 Å². The lowest BCUT2D eigenvalue weighted by atomic mass is 10.1. The number of ether oxygens (including phenoxy) is 1. The number of nitrogens with two attached hydrogens (primary N) is 1. The average molecular weight is 405 g/mol. The van der Waals surface area contributed by atoms with Gasteiger partial charge < -0.3 is 10.5 Å². The molecule has 0 saturated carbocycles. The summed E-state index contributed by atoms with van der Waals surface area (Å²) in [6, 6.07) is 5.56. The van der Waals surface area contributed by atoms with Gasteiger partial charge in [-0.1, -0.05) is 17.7 Å². The van der Waals surface area contributed by atoms with Gasteiger partial charge in [-0.05, 0) is 31.2 Å². The lowest BCUT2D eigenvalue weighted by Crippen LogP contribution is -2.28. The Hall–Kier alpha value is -2.23. The molecule has 0 heterocycles. The minimum absolute atomic E-state index is 0.0448. The monoisotopic (exact) mass is 404 g/mol. The molecule has 2 aromatic carbocycles. The van der Waals surface area contributed by atoms with Crippen molar-refractivity contribution in [1.29, 1.82) is 0 Å². The van der Waals surface area contributed by atoms with Gasteiger partial charge in [-0.15, -0.1) is 0 Å². The minimum Gasteiger partial charge on any atom is -0.482 e. The molecular formula is C16H15ClF2N2O4S. The van der Waals surface area contributed by atoms with Gasteiger partial charge in [-0.25, -0.2) is 21.9 Å². The van der Waals surface area contributed by atoms with Gasteiger partial charge in [0.05, 0.1) is 0 Å². The van der Waals surface area contributed by atoms with E-state index in [9.17, 15) is 22.0 Å². The zero-order valence-electron chi connectivity index (χ0n) is 13.5. The van der Waals surface area contributed by atoms with Crippen molar-refractivity contribution in [2.45, 2.75) is 17.9 Å². The number of rotatable bonds is 7. The van der Waals surface area contributed by atoms with Crippen molar-refractivity contribution in [2.24, 2.45) is 5.73 Å². The second-order valence-corrected chi connectivity index (χ2v) is 7.47. The van der Waals surface area contributed by atoms with Crippen LogP contribution in [0.4, 0.5) is 8.78 Å². The third-order valence-electron chi connectivity index (χ3n) is 3.33. The quantitative estimate of drug-likeness (QED) is 0.740. The molecule has 0 spiro atoms. The van der Waals surface area contributed by atoms with Crippen LogP contribution < -0.4 is 15.2 Å². The molecule has 0 aliphatic rings. The maximum absolute atomic E-state index is 13.9. The summed E-state index contributed by atoms with van der Waals surface area (Å²) in [5.74, 6) is -2.61. The molecule has 0 unspecified atom stereocenters. The Labute approximate surface area is 154 Å². The van der Waals surface area contributed by atoms with Gasteiger partial charge in [0.1, 0.15) is 22.3 Å². The van der Waals surface area contributed by atoms with E-state index >= 15 is 0 Å². The van der Waals surface area contributed by atoms with Crippen molar-refractivity contribution in [2.75, 3.05) is 6.61 Å². The maximum Gasteiger partial charge on any atom is 0.255 e. The number of amides is 1. The smallest absolute Gasteiger partial charge is 0.255 e. The molecule has 0 aromatic heterocycles. The van der Waals surface area contributed by atoms with Crippen LogP contribution in [0.25, 0.3) is 0 Å². The summed E-state index contributed by atoms with van der Waals surface area (Å²) in [6.07, 6.45) is 0. The van der Waals surface area contributed by atoms with Crippen LogP contribution >= 0.6 is 11.6 Å². The molecule has 1 atom stereocenters. The third-order valence-corrected chi connectivity index (χ3v) is 5.12. The van der Waals surface area contributed by atoms with Crippen molar-refractivity contribution < 1.29 is 26.7 Å². The molecule has 0 saturated heterocycles. The van der Waals surface area contributed by atoms with Crippen LogP contribution in [0.15, 0.2) is 41.3 Å². The number of primary amides is 1. The number of hydrogen-bond acceptors (Lipinski definition) is 4. The molecule has 2 aromatic rings. The Bertz CT molecular complexity index is 938. The van der Waals surface area contributed by atoms with Crippen LogP contribution in [0.5, 0.6) is 5.75 Å². The van der Waals surface area contributed by atoms with Gasteiger partial charge in [0.15, 0.2) is 6.61 Å². The predicted octanol–water partition coefficient (Wildman–Crippen LogP) is 2.52. The van der Waals surface area contributed by atoms with Crippen LogP contribution in [-0.2, 0) is 14.8 Å². The highest BCUT2D eigenvalue weighted by atomic mass is 35.5. The normalized spacial score (nSPS) is 12.6. The van der Waals surface area contributed by atoms with Crippen LogP contribution in [-0.4, -0.2) is 20.9 Å². The number of sulfonamides is 1. The predicted molar refractivity (Wildman–Crippen MR) is 91.2 cm³/mol. The van der Waals surface area contributed by atoms with E-state index in [1.165, 1.54) is 19.1 Å². The number of carbonyl (C=O) groups excluding carboxylic acids is 1. The van der Waals surface area contributed by atoms with Gasteiger partial charge in [0.25, 0.3) is 5.91 Å². The maximum atomic E-state index is 13.9. The summed E-state index contributed by atoms with van der Waals surface area (Å²) >= 11 is 5.84. The lowest BCUT2D eigenvalue weighted by Gasteiger charge is -2.17. The summed E-state index contributed by atoms with van der Waals surface area (Å²) in [7, 11) is -4.21. The fraction of sp³-hybridized carbons (Fsp3) is 0.188. The topological polar surface area (TPSA) is 98.5 Å². The van der Waals surface area contributed by atoms with E-state index < -0.39 is 40.2 Å². The molecule has 2 rings (SSSR count). The van der Waals surface area contributed by atoms with Crippen LogP contribution in [0, 0.1) is 11.6 Å². The fourth-order valence-corrected chi connectivity index (χ4v) is 3.80. The van der Waals surface area contributed by atoms with Crippen molar-refractivity contribution in [3.63, 3.8) is 0 Å². The number of carbonyl (C=O) groups is 1. The van der Waals surface area contributed by atoms with E-state index in [1.807, 2.05) is 0 Å². The highest BCUT2D eigenvalue weighted by molar-refractivity contribution is 7.89. The van der Waals surface area contributed by atoms with Gasteiger partial charge in [-0.3, -0.25) is 4.79 Å². The molecule has 0 bridgehead atoms. The number of halogens is 3. The fourth-order valence-electron chi connectivity index (χ4n) is 2.17. The van der Waals surface area contributed by atoms with Crippen LogP contribution in [0.1, 0.15) is 18.5 Å². The first-order valence-electron chi connectivity index (χ1n) is 7.28. The first-order chi connectivity index (χ1) is 12.1. The minimum atomic E-state index is -4.21. The Morgan fingerprint density at radius 3 is 2.58 bits per heavy atom. The van der Waals surface area contributed by atoms with E-state index in [2.05, 4.69) is 4.72 Å². The van der Waals surface area contributed by atoms with Gasteiger partial charge in [0.2, 0.25) is 10.0 Å². The zero-order valence-corrected chi connectivity index (χ0v) is 15.1. The summed E-state index contributed by atoms with van der Waals surface area (Å²) in [5.41, 5.74) is 4.94. The Balaban J connectivity index is 2.34. The lowest BCUT2D eigenvalue weighted by molar-refractivity contribution is -0.120. The van der Waals surface area contributed by atoms with Crippen LogP contribution in [0.2, 0.25) is 5.02 Å². The van der Waals surface area contributed by atoms with E-state index in [-0.39, 0.29) is 21.2 Å². The average Bonchev–Trinajstić information content (AvgIpc) is 2.52. The summed E-state index contributed by atoms with van der Waals surface area (Å²) in [5, 5.41) is 0.109. The standard InChI is InChI=1S/C16H15ClF2N2O4S/c1-9(12-4-3-11(18)7-13(12)19)21-26(23,24)15-6-10(17)2-5-14(15)25-8-16(20)22/h2-7,9,21H,8H2,1H3,(H2,20,22)/t9-/m0/s1. The summed E-state index contributed by atoms with van der Waals surface area (Å²) < 4.78 is 59.5. The molecule has 0 fully saturated rings. The largest absolute Gasteiger partial charge is 0.482 e. The number of benzene rings is 2. The molecule has 3 N–H and O–H groups in total. The molecule has 140 valence electrons. The van der Waals surface area contributed by atoms with Crippen molar-refractivity contribution in [3.05, 3.63) is 58.6 Å². The number of nitrogens with one attached hydrogen (secondary N) is 1. The summed E-state index contributed by atoms with van der Waals surface area (Å²) in [4.78, 5) is 10.5. The summed E-state index contributed by atoms with van der Waals surface area (Å²) in [6.45, 7) is 0.856. The van der Waals surface area contributed by atoms with Crippen LogP contribution in [0.3, 0.4) is 0 Å². The molecule has 0 aliphatic heterocycles. The third kappa shape index (κ3) is 4.90. The molecular weight excluding hydrogens is 390 g/mol. The Morgan fingerprint density at radius 1 is 1.27 bits per heavy atom. The van der Waals surface area contributed by atoms with Gasteiger partial charge in [-0.2, -0.15) is 0 Å². The molecule has 6 nitrogen and oxygen atoms in total.